The minimum absolute atomic E-state index is 0.220. The van der Waals surface area contributed by atoms with Crippen LogP contribution < -0.4 is 15.2 Å². The molecule has 0 spiro atoms. The largest absolute Gasteiger partial charge is 0.484 e. The summed E-state index contributed by atoms with van der Waals surface area (Å²) in [7, 11) is 0. The molecule has 0 saturated carbocycles. The number of hydrogen-bond acceptors (Lipinski definition) is 7. The molecule has 0 atom stereocenters. The second-order valence-electron chi connectivity index (χ2n) is 7.54. The van der Waals surface area contributed by atoms with Gasteiger partial charge in [-0.3, -0.25) is 9.59 Å². The maximum absolute atomic E-state index is 13.1. The van der Waals surface area contributed by atoms with E-state index >= 15 is 0 Å². The van der Waals surface area contributed by atoms with Gasteiger partial charge in [0, 0.05) is 0 Å². The van der Waals surface area contributed by atoms with Crippen molar-refractivity contribution < 1.29 is 13.9 Å². The molecular weight excluding hydrogens is 450 g/mol. The molecule has 7 nitrogen and oxygen atoms in total. The fourth-order valence-electron chi connectivity index (χ4n) is 3.36. The molecule has 0 N–H and O–H groups in total. The lowest BCUT2D eigenvalue weighted by Gasteiger charge is -2.14. The molecule has 0 unspecified atom stereocenters. The highest BCUT2D eigenvalue weighted by Gasteiger charge is 2.20. The number of rotatable bonds is 6. The number of hydrazone groups is 1. The second-order valence-corrected chi connectivity index (χ2v) is 8.54. The van der Waals surface area contributed by atoms with E-state index in [1.165, 1.54) is 23.8 Å². The van der Waals surface area contributed by atoms with E-state index in [-0.39, 0.29) is 17.6 Å². The number of ether oxygens (including phenoxy) is 1. The minimum Gasteiger partial charge on any atom is -0.484 e. The second kappa shape index (κ2) is 9.29. The van der Waals surface area contributed by atoms with Crippen molar-refractivity contribution in [3.05, 3.63) is 100 Å². The first-order valence-corrected chi connectivity index (χ1v) is 11.3. The van der Waals surface area contributed by atoms with Crippen LogP contribution in [0.25, 0.3) is 21.2 Å². The molecule has 2 aromatic heterocycles. The number of aromatic nitrogens is 1. The molecule has 0 aliphatic rings. The van der Waals surface area contributed by atoms with Crippen LogP contribution in [0.2, 0.25) is 0 Å². The molecule has 0 aliphatic carbocycles. The Balaban J connectivity index is 1.49. The lowest BCUT2D eigenvalue weighted by atomic mass is 10.2. The molecule has 168 valence electrons. The maximum Gasteiger partial charge on any atom is 0.287 e. The van der Waals surface area contributed by atoms with Gasteiger partial charge in [0.25, 0.3) is 5.91 Å². The molecule has 0 aliphatic heterocycles. The highest BCUT2D eigenvalue weighted by atomic mass is 32.1. The summed E-state index contributed by atoms with van der Waals surface area (Å²) in [6, 6.07) is 21.9. The van der Waals surface area contributed by atoms with E-state index in [9.17, 15) is 9.59 Å². The van der Waals surface area contributed by atoms with Crippen LogP contribution in [0.3, 0.4) is 0 Å². The van der Waals surface area contributed by atoms with Gasteiger partial charge in [0.1, 0.15) is 17.6 Å². The number of nitrogens with zero attached hydrogens (tertiary/aromatic N) is 3. The lowest BCUT2D eigenvalue weighted by molar-refractivity contribution is -0.120. The number of aryl methyl sites for hydroxylation is 1. The summed E-state index contributed by atoms with van der Waals surface area (Å²) in [5, 5.41) is 6.31. The van der Waals surface area contributed by atoms with Crippen molar-refractivity contribution in [3.63, 3.8) is 0 Å². The molecule has 5 aromatic rings. The Morgan fingerprint density at radius 3 is 2.76 bits per heavy atom. The van der Waals surface area contributed by atoms with Crippen LogP contribution in [-0.2, 0) is 4.79 Å². The summed E-state index contributed by atoms with van der Waals surface area (Å²) < 4.78 is 12.1. The van der Waals surface area contributed by atoms with Crippen molar-refractivity contribution in [1.29, 1.82) is 0 Å². The third-order valence-corrected chi connectivity index (χ3v) is 6.07. The minimum atomic E-state index is -0.430. The molecule has 0 saturated heterocycles. The van der Waals surface area contributed by atoms with Crippen molar-refractivity contribution in [2.24, 2.45) is 5.10 Å². The molecule has 34 heavy (non-hydrogen) atoms. The summed E-state index contributed by atoms with van der Waals surface area (Å²) in [6.07, 6.45) is 2.65. The average molecular weight is 470 g/mol. The Hall–Kier alpha value is -4.30. The van der Waals surface area contributed by atoms with Gasteiger partial charge in [0.2, 0.25) is 10.6 Å². The van der Waals surface area contributed by atoms with Crippen LogP contribution in [-0.4, -0.2) is 23.7 Å². The van der Waals surface area contributed by atoms with Gasteiger partial charge in [-0.15, -0.1) is 0 Å². The summed E-state index contributed by atoms with van der Waals surface area (Å²) in [5.41, 5.74) is 2.31. The van der Waals surface area contributed by atoms with E-state index in [4.69, 9.17) is 9.15 Å². The van der Waals surface area contributed by atoms with Crippen LogP contribution in [0.15, 0.2) is 93.4 Å². The highest BCUT2D eigenvalue weighted by Crippen LogP contribution is 2.30. The third kappa shape index (κ3) is 4.44. The van der Waals surface area contributed by atoms with E-state index < -0.39 is 5.91 Å². The number of benzene rings is 3. The Bertz CT molecular complexity index is 1570. The fourth-order valence-corrected chi connectivity index (χ4v) is 4.39. The zero-order valence-corrected chi connectivity index (χ0v) is 19.0. The molecule has 0 bridgehead atoms. The summed E-state index contributed by atoms with van der Waals surface area (Å²) in [6.45, 7) is 1.75. The number of amides is 1. The van der Waals surface area contributed by atoms with Gasteiger partial charge in [-0.05, 0) is 48.9 Å². The van der Waals surface area contributed by atoms with Gasteiger partial charge >= 0.3 is 0 Å². The van der Waals surface area contributed by atoms with Crippen LogP contribution in [0, 0.1) is 6.92 Å². The van der Waals surface area contributed by atoms with Gasteiger partial charge in [0.05, 0.1) is 27.4 Å². The molecule has 8 heteroatoms. The van der Waals surface area contributed by atoms with Crippen LogP contribution in [0.1, 0.15) is 11.1 Å². The van der Waals surface area contributed by atoms with Gasteiger partial charge in [-0.25, -0.2) is 4.98 Å². The SMILES string of the molecule is Cc1ccc2nc(N(/N=C/c3coc4ccccc4c3=O)C(=O)COc3ccccc3)sc2c1. The van der Waals surface area contributed by atoms with Crippen LogP contribution >= 0.6 is 11.3 Å². The van der Waals surface area contributed by atoms with E-state index in [0.717, 1.165) is 20.8 Å². The summed E-state index contributed by atoms with van der Waals surface area (Å²) in [4.78, 5) is 30.5. The summed E-state index contributed by atoms with van der Waals surface area (Å²) in [5.74, 6) is 0.135. The van der Waals surface area contributed by atoms with Crippen molar-refractivity contribution in [2.45, 2.75) is 6.92 Å². The Morgan fingerprint density at radius 1 is 1.12 bits per heavy atom. The number of thiazole rings is 1. The van der Waals surface area contributed by atoms with E-state index in [1.54, 1.807) is 36.4 Å². The topological polar surface area (TPSA) is 85.0 Å². The first-order chi connectivity index (χ1) is 16.6. The number of anilines is 1. The zero-order valence-electron chi connectivity index (χ0n) is 18.2. The van der Waals surface area contributed by atoms with Crippen molar-refractivity contribution in [2.75, 3.05) is 11.6 Å². The Labute approximate surface area is 198 Å². The highest BCUT2D eigenvalue weighted by molar-refractivity contribution is 7.22. The van der Waals surface area contributed by atoms with Gasteiger partial charge in [-0.2, -0.15) is 10.1 Å². The quantitative estimate of drug-likeness (QED) is 0.253. The van der Waals surface area contributed by atoms with Crippen LogP contribution in [0.5, 0.6) is 5.75 Å². The maximum atomic E-state index is 13.1. The average Bonchev–Trinajstić information content (AvgIpc) is 3.27. The van der Waals surface area contributed by atoms with Crippen molar-refractivity contribution in [1.82, 2.24) is 4.98 Å². The Kier molecular flexibility index (Phi) is 5.88. The number of fused-ring (bicyclic) bond motifs is 2. The smallest absolute Gasteiger partial charge is 0.287 e. The molecular formula is C26H19N3O4S. The predicted molar refractivity (Wildman–Crippen MR) is 134 cm³/mol. The van der Waals surface area contributed by atoms with Gasteiger partial charge in [0.15, 0.2) is 6.61 Å². The van der Waals surface area contributed by atoms with Gasteiger partial charge in [-0.1, -0.05) is 47.7 Å². The number of para-hydroxylation sites is 2. The third-order valence-electron chi connectivity index (χ3n) is 5.07. The van der Waals surface area contributed by atoms with E-state index in [0.29, 0.717) is 21.9 Å². The molecule has 1 amide bonds. The fraction of sp³-hybridized carbons (Fsp3) is 0.0769. The van der Waals surface area contributed by atoms with Crippen molar-refractivity contribution in [3.8, 4) is 5.75 Å². The molecule has 0 radical (unpaired) electrons. The number of carbonyl (C=O) groups is 1. The van der Waals surface area contributed by atoms with E-state index in [2.05, 4.69) is 10.1 Å². The number of carbonyl (C=O) groups excluding carboxylic acids is 1. The number of hydrogen-bond donors (Lipinski definition) is 0. The first-order valence-electron chi connectivity index (χ1n) is 10.5. The molecule has 3 aromatic carbocycles. The summed E-state index contributed by atoms with van der Waals surface area (Å²) >= 11 is 1.33. The normalized spacial score (nSPS) is 11.3. The van der Waals surface area contributed by atoms with Crippen molar-refractivity contribution >= 4 is 49.8 Å². The van der Waals surface area contributed by atoms with E-state index in [1.807, 2.05) is 43.3 Å². The zero-order chi connectivity index (χ0) is 23.5. The lowest BCUT2D eigenvalue weighted by Crippen LogP contribution is -2.31. The Morgan fingerprint density at radius 2 is 1.91 bits per heavy atom. The predicted octanol–water partition coefficient (Wildman–Crippen LogP) is 5.16. The standard InChI is InChI=1S/C26H19N3O4S/c1-17-11-12-21-23(13-17)34-26(28-21)29(24(30)16-32-19-7-3-2-4-8-19)27-14-18-15-33-22-10-6-5-9-20(22)25(18)31/h2-15H,16H2,1H3/b27-14+. The van der Waals surface area contributed by atoms with Crippen LogP contribution in [0.4, 0.5) is 5.13 Å². The molecule has 0 fully saturated rings. The first kappa shape index (κ1) is 21.5. The molecule has 5 rings (SSSR count). The molecule has 2 heterocycles. The monoisotopic (exact) mass is 469 g/mol. The van der Waals surface area contributed by atoms with Gasteiger partial charge < -0.3 is 9.15 Å².